The lowest BCUT2D eigenvalue weighted by Gasteiger charge is -2.14. The fraction of sp³-hybridized carbons (Fsp3) is 0. The highest BCUT2D eigenvalue weighted by molar-refractivity contribution is 6.19. The third-order valence-electron chi connectivity index (χ3n) is 9.96. The van der Waals surface area contributed by atoms with Crippen LogP contribution in [0.2, 0.25) is 0 Å². The smallest absolute Gasteiger partial charge is 0.0702 e. The van der Waals surface area contributed by atoms with Crippen molar-refractivity contribution in [2.24, 2.45) is 0 Å². The van der Waals surface area contributed by atoms with Crippen LogP contribution in [0.15, 0.2) is 188 Å². The van der Waals surface area contributed by atoms with Crippen LogP contribution in [0.1, 0.15) is 0 Å². The Balaban J connectivity index is 1.29. The van der Waals surface area contributed by atoms with Crippen LogP contribution >= 0.6 is 0 Å². The fourth-order valence-corrected chi connectivity index (χ4v) is 7.70. The quantitative estimate of drug-likeness (QED) is 0.184. The predicted molar refractivity (Wildman–Crippen MR) is 209 cm³/mol. The van der Waals surface area contributed by atoms with Crippen LogP contribution in [0.4, 0.5) is 0 Å². The molecule has 0 aliphatic rings. The molecule has 0 saturated carbocycles. The zero-order valence-electron chi connectivity index (χ0n) is 27.2. The van der Waals surface area contributed by atoms with Crippen LogP contribution in [0.3, 0.4) is 0 Å². The van der Waals surface area contributed by atoms with Gasteiger partial charge in [0.2, 0.25) is 0 Å². The molecule has 0 N–H and O–H groups in total. The second-order valence-electron chi connectivity index (χ2n) is 12.8. The number of para-hydroxylation sites is 3. The van der Waals surface area contributed by atoms with E-state index in [9.17, 15) is 0 Å². The highest BCUT2D eigenvalue weighted by Gasteiger charge is 2.20. The van der Waals surface area contributed by atoms with Gasteiger partial charge in [0.1, 0.15) is 0 Å². The molecular weight excluding hydrogens is 607 g/mol. The molecule has 0 unspecified atom stereocenters. The molecule has 10 aromatic rings. The van der Waals surface area contributed by atoms with Crippen molar-refractivity contribution < 1.29 is 0 Å². The van der Waals surface area contributed by atoms with Crippen LogP contribution in [0.25, 0.3) is 88.5 Å². The lowest BCUT2D eigenvalue weighted by Crippen LogP contribution is -1.95. The van der Waals surface area contributed by atoms with Crippen molar-refractivity contribution >= 4 is 43.6 Å². The van der Waals surface area contributed by atoms with Crippen molar-refractivity contribution in [1.29, 1.82) is 0 Å². The van der Waals surface area contributed by atoms with Gasteiger partial charge in [-0.3, -0.25) is 4.98 Å². The Morgan fingerprint density at radius 1 is 0.320 bits per heavy atom. The number of benzene rings is 7. The molecule has 3 aromatic heterocycles. The minimum Gasteiger partial charge on any atom is -0.309 e. The SMILES string of the molecule is c1ccc(-c2ccc(-c3ccccn3)cc2-c2ccc3c(c2)c2cc4c5ccccc5n(-c5ccccc5)c4cc2n3-c2ccccc2)cc1. The Morgan fingerprint density at radius 2 is 0.900 bits per heavy atom. The Morgan fingerprint density at radius 3 is 1.60 bits per heavy atom. The number of hydrogen-bond donors (Lipinski definition) is 0. The van der Waals surface area contributed by atoms with E-state index in [4.69, 9.17) is 0 Å². The van der Waals surface area contributed by atoms with Gasteiger partial charge in [0, 0.05) is 44.7 Å². The monoisotopic (exact) mass is 637 g/mol. The van der Waals surface area contributed by atoms with E-state index in [0.717, 1.165) is 22.6 Å². The maximum Gasteiger partial charge on any atom is 0.0702 e. The number of aromatic nitrogens is 3. The van der Waals surface area contributed by atoms with Crippen molar-refractivity contribution in [3.8, 4) is 44.9 Å². The van der Waals surface area contributed by atoms with E-state index in [2.05, 4.69) is 184 Å². The van der Waals surface area contributed by atoms with E-state index in [1.807, 2.05) is 18.3 Å². The average molecular weight is 638 g/mol. The Hall–Kier alpha value is -6.71. The minimum atomic E-state index is 0.965. The topological polar surface area (TPSA) is 22.8 Å². The number of hydrogen-bond acceptors (Lipinski definition) is 1. The first-order valence-corrected chi connectivity index (χ1v) is 17.1. The molecule has 0 aliphatic carbocycles. The van der Waals surface area contributed by atoms with Crippen LogP contribution in [-0.4, -0.2) is 14.1 Å². The highest BCUT2D eigenvalue weighted by Crippen LogP contribution is 2.42. The Kier molecular flexibility index (Phi) is 6.49. The molecular formula is C47H31N3. The van der Waals surface area contributed by atoms with Gasteiger partial charge in [-0.25, -0.2) is 0 Å². The zero-order valence-corrected chi connectivity index (χ0v) is 27.2. The van der Waals surface area contributed by atoms with Crippen molar-refractivity contribution in [2.75, 3.05) is 0 Å². The van der Waals surface area contributed by atoms with Gasteiger partial charge in [-0.15, -0.1) is 0 Å². The zero-order chi connectivity index (χ0) is 33.0. The third-order valence-corrected chi connectivity index (χ3v) is 9.96. The van der Waals surface area contributed by atoms with E-state index < -0.39 is 0 Å². The minimum absolute atomic E-state index is 0.965. The first-order chi connectivity index (χ1) is 24.8. The molecule has 50 heavy (non-hydrogen) atoms. The summed E-state index contributed by atoms with van der Waals surface area (Å²) in [6.45, 7) is 0. The third kappa shape index (κ3) is 4.48. The predicted octanol–water partition coefficient (Wildman–Crippen LogP) is 12.3. The summed E-state index contributed by atoms with van der Waals surface area (Å²) in [6, 6.07) is 65.5. The van der Waals surface area contributed by atoms with Gasteiger partial charge in [0.25, 0.3) is 0 Å². The number of fused-ring (bicyclic) bond motifs is 6. The molecule has 0 atom stereocenters. The maximum atomic E-state index is 4.69. The van der Waals surface area contributed by atoms with E-state index in [1.165, 1.54) is 65.9 Å². The molecule has 3 heteroatoms. The van der Waals surface area contributed by atoms with Gasteiger partial charge in [0.05, 0.1) is 27.8 Å². The number of pyridine rings is 1. The summed E-state index contributed by atoms with van der Waals surface area (Å²) in [7, 11) is 0. The van der Waals surface area contributed by atoms with Crippen molar-refractivity contribution in [2.45, 2.75) is 0 Å². The van der Waals surface area contributed by atoms with Crippen molar-refractivity contribution in [1.82, 2.24) is 14.1 Å². The van der Waals surface area contributed by atoms with Gasteiger partial charge in [-0.1, -0.05) is 109 Å². The summed E-state index contributed by atoms with van der Waals surface area (Å²) in [4.78, 5) is 4.69. The Bertz CT molecular complexity index is 2830. The summed E-state index contributed by atoms with van der Waals surface area (Å²) in [5, 5.41) is 4.95. The maximum absolute atomic E-state index is 4.69. The van der Waals surface area contributed by atoms with Crippen molar-refractivity contribution in [3.05, 3.63) is 188 Å². The Labute approximate surface area is 290 Å². The van der Waals surface area contributed by atoms with Gasteiger partial charge >= 0.3 is 0 Å². The molecule has 0 bridgehead atoms. The van der Waals surface area contributed by atoms with Crippen LogP contribution in [0.5, 0.6) is 0 Å². The molecule has 0 radical (unpaired) electrons. The fourth-order valence-electron chi connectivity index (χ4n) is 7.70. The standard InChI is InChI=1S/C47H31N3/c1-4-14-32(15-5-1)37-25-23-34(43-21-12-13-27-48-43)29-39(37)33-24-26-45-40(28-33)42-30-41-38-20-10-11-22-44(38)49(35-16-6-2-7-17-35)46(41)31-47(42)50(45)36-18-8-3-9-19-36/h1-31H. The van der Waals surface area contributed by atoms with Crippen LogP contribution < -0.4 is 0 Å². The molecule has 3 heterocycles. The average Bonchev–Trinajstić information content (AvgIpc) is 3.69. The second kappa shape index (κ2) is 11.5. The van der Waals surface area contributed by atoms with Crippen LogP contribution in [0, 0.1) is 0 Å². The molecule has 3 nitrogen and oxygen atoms in total. The summed E-state index contributed by atoms with van der Waals surface area (Å²) < 4.78 is 4.82. The van der Waals surface area contributed by atoms with Gasteiger partial charge in [0.15, 0.2) is 0 Å². The highest BCUT2D eigenvalue weighted by atomic mass is 15.0. The molecule has 0 aliphatic heterocycles. The van der Waals surface area contributed by atoms with Gasteiger partial charge in [-0.05, 0) is 95.1 Å². The molecule has 7 aromatic carbocycles. The second-order valence-corrected chi connectivity index (χ2v) is 12.8. The molecule has 10 rings (SSSR count). The summed E-state index contributed by atoms with van der Waals surface area (Å²) in [6.07, 6.45) is 1.86. The summed E-state index contributed by atoms with van der Waals surface area (Å²) in [5.74, 6) is 0. The summed E-state index contributed by atoms with van der Waals surface area (Å²) in [5.41, 5.74) is 13.9. The molecule has 234 valence electrons. The first-order valence-electron chi connectivity index (χ1n) is 17.1. The van der Waals surface area contributed by atoms with Gasteiger partial charge in [-0.2, -0.15) is 0 Å². The van der Waals surface area contributed by atoms with E-state index >= 15 is 0 Å². The summed E-state index contributed by atoms with van der Waals surface area (Å²) >= 11 is 0. The number of rotatable bonds is 5. The molecule has 0 saturated heterocycles. The molecule has 0 amide bonds. The van der Waals surface area contributed by atoms with E-state index in [0.29, 0.717) is 0 Å². The van der Waals surface area contributed by atoms with E-state index in [1.54, 1.807) is 0 Å². The largest absolute Gasteiger partial charge is 0.309 e. The van der Waals surface area contributed by atoms with Crippen molar-refractivity contribution in [3.63, 3.8) is 0 Å². The first kappa shape index (κ1) is 28.3. The van der Waals surface area contributed by atoms with Gasteiger partial charge < -0.3 is 9.13 Å². The lowest BCUT2D eigenvalue weighted by molar-refractivity contribution is 1.16. The molecule has 0 fully saturated rings. The van der Waals surface area contributed by atoms with E-state index in [-0.39, 0.29) is 0 Å². The molecule has 0 spiro atoms. The normalized spacial score (nSPS) is 11.6. The number of nitrogens with zero attached hydrogens (tertiary/aromatic N) is 3. The van der Waals surface area contributed by atoms with Crippen LogP contribution in [-0.2, 0) is 0 Å². The lowest BCUT2D eigenvalue weighted by atomic mass is 9.91.